The summed E-state index contributed by atoms with van der Waals surface area (Å²) in [6, 6.07) is 22.4. The Balaban J connectivity index is 1.48. The van der Waals surface area contributed by atoms with Crippen molar-refractivity contribution in [3.63, 3.8) is 0 Å². The molecule has 4 rings (SSSR count). The molecule has 0 saturated heterocycles. The van der Waals surface area contributed by atoms with Crippen LogP contribution in [0.1, 0.15) is 23.6 Å². The van der Waals surface area contributed by atoms with Gasteiger partial charge in [0.25, 0.3) is 5.91 Å². The highest BCUT2D eigenvalue weighted by Gasteiger charge is 2.30. The first-order valence-corrected chi connectivity index (χ1v) is 11.5. The van der Waals surface area contributed by atoms with Gasteiger partial charge in [0.1, 0.15) is 12.6 Å². The quantitative estimate of drug-likeness (QED) is 0.544. The molecule has 35 heavy (non-hydrogen) atoms. The maximum absolute atomic E-state index is 13.3. The fourth-order valence-electron chi connectivity index (χ4n) is 4.14. The zero-order valence-corrected chi connectivity index (χ0v) is 20.2. The van der Waals surface area contributed by atoms with E-state index in [9.17, 15) is 9.59 Å². The molecule has 0 spiro atoms. The largest absolute Gasteiger partial charge is 0.493 e. The van der Waals surface area contributed by atoms with E-state index in [0.29, 0.717) is 30.2 Å². The van der Waals surface area contributed by atoms with Gasteiger partial charge >= 0.3 is 0 Å². The van der Waals surface area contributed by atoms with Crippen LogP contribution in [-0.2, 0) is 16.0 Å². The van der Waals surface area contributed by atoms with Gasteiger partial charge in [-0.1, -0.05) is 54.6 Å². The average Bonchev–Trinajstić information content (AvgIpc) is 2.99. The number of carbonyl (C=O) groups excluding carboxylic acids is 2. The van der Waals surface area contributed by atoms with Crippen LogP contribution in [0, 0.1) is 0 Å². The molecule has 0 fully saturated rings. The van der Waals surface area contributed by atoms with Gasteiger partial charge in [-0.2, -0.15) is 0 Å². The van der Waals surface area contributed by atoms with Gasteiger partial charge in [0.2, 0.25) is 5.91 Å². The minimum Gasteiger partial charge on any atom is -0.493 e. The smallest absolute Gasteiger partial charge is 0.252 e. The Bertz CT molecular complexity index is 1240. The lowest BCUT2D eigenvalue weighted by Gasteiger charge is -2.24. The first-order valence-electron chi connectivity index (χ1n) is 11.5. The van der Waals surface area contributed by atoms with Gasteiger partial charge in [0.15, 0.2) is 11.5 Å². The van der Waals surface area contributed by atoms with E-state index in [0.717, 1.165) is 22.4 Å². The summed E-state index contributed by atoms with van der Waals surface area (Å²) in [5.41, 5.74) is 4.20. The number of hydrogen-bond acceptors (Lipinski definition) is 5. The number of fused-ring (bicyclic) bond motifs is 1. The Morgan fingerprint density at radius 3 is 2.43 bits per heavy atom. The van der Waals surface area contributed by atoms with Crippen molar-refractivity contribution < 1.29 is 19.1 Å². The van der Waals surface area contributed by atoms with Crippen molar-refractivity contribution in [2.24, 2.45) is 4.99 Å². The standard InChI is InChI=1S/C28H29N3O4/c1-19-28(33)31(18-26(32)29-16-15-20-13-14-24(34-2)25(17-20)35-3)23-12-8-7-11-22(23)27(30-19)21-9-5-4-6-10-21/h4-14,17,19H,15-16,18H2,1-3H3,(H,29,32)/t19-/m1/s1. The number of ether oxygens (including phenoxy) is 2. The third-order valence-electron chi connectivity index (χ3n) is 5.93. The van der Waals surface area contributed by atoms with Gasteiger partial charge in [-0.05, 0) is 37.1 Å². The van der Waals surface area contributed by atoms with Crippen LogP contribution in [-0.4, -0.2) is 50.9 Å². The molecule has 0 aromatic heterocycles. The molecule has 7 heteroatoms. The van der Waals surface area contributed by atoms with Crippen molar-refractivity contribution in [3.8, 4) is 11.5 Å². The molecule has 1 aliphatic rings. The summed E-state index contributed by atoms with van der Waals surface area (Å²) in [6.45, 7) is 2.11. The highest BCUT2D eigenvalue weighted by Crippen LogP contribution is 2.29. The molecule has 2 amide bonds. The number of anilines is 1. The number of nitrogens with zero attached hydrogens (tertiary/aromatic N) is 2. The first kappa shape index (κ1) is 24.0. The van der Waals surface area contributed by atoms with Crippen LogP contribution in [0.5, 0.6) is 11.5 Å². The van der Waals surface area contributed by atoms with Gasteiger partial charge in [-0.15, -0.1) is 0 Å². The molecule has 0 saturated carbocycles. The Kier molecular flexibility index (Phi) is 7.45. The van der Waals surface area contributed by atoms with Crippen LogP contribution >= 0.6 is 0 Å². The third kappa shape index (κ3) is 5.35. The van der Waals surface area contributed by atoms with Crippen LogP contribution in [0.2, 0.25) is 0 Å². The molecule has 0 unspecified atom stereocenters. The number of nitrogens with one attached hydrogen (secondary N) is 1. The number of benzene rings is 3. The highest BCUT2D eigenvalue weighted by atomic mass is 16.5. The second kappa shape index (κ2) is 10.9. The van der Waals surface area contributed by atoms with Crippen LogP contribution < -0.4 is 19.7 Å². The van der Waals surface area contributed by atoms with E-state index in [1.807, 2.05) is 72.8 Å². The van der Waals surface area contributed by atoms with Crippen molar-refractivity contribution in [2.45, 2.75) is 19.4 Å². The number of aliphatic imine (C=N–C) groups is 1. The molecule has 0 aliphatic carbocycles. The molecular weight excluding hydrogens is 442 g/mol. The molecule has 3 aromatic carbocycles. The van der Waals surface area contributed by atoms with E-state index in [-0.39, 0.29) is 18.4 Å². The first-order chi connectivity index (χ1) is 17.0. The normalized spacial score (nSPS) is 15.1. The fourth-order valence-corrected chi connectivity index (χ4v) is 4.14. The molecule has 3 aromatic rings. The van der Waals surface area contributed by atoms with E-state index in [1.54, 1.807) is 21.1 Å². The second-order valence-electron chi connectivity index (χ2n) is 8.25. The van der Waals surface area contributed by atoms with Gasteiger partial charge in [0, 0.05) is 17.7 Å². The number of methoxy groups -OCH3 is 2. The van der Waals surface area contributed by atoms with E-state index in [4.69, 9.17) is 14.5 Å². The number of amides is 2. The number of hydrogen-bond donors (Lipinski definition) is 1. The lowest BCUT2D eigenvalue weighted by Crippen LogP contribution is -2.44. The van der Waals surface area contributed by atoms with E-state index < -0.39 is 6.04 Å². The van der Waals surface area contributed by atoms with Crippen LogP contribution in [0.4, 0.5) is 5.69 Å². The lowest BCUT2D eigenvalue weighted by molar-refractivity contribution is -0.124. The zero-order chi connectivity index (χ0) is 24.8. The predicted octanol–water partition coefficient (Wildman–Crippen LogP) is 3.64. The third-order valence-corrected chi connectivity index (χ3v) is 5.93. The second-order valence-corrected chi connectivity index (χ2v) is 8.25. The Morgan fingerprint density at radius 2 is 1.69 bits per heavy atom. The summed E-state index contributed by atoms with van der Waals surface area (Å²) < 4.78 is 10.6. The van der Waals surface area contributed by atoms with Gasteiger partial charge < -0.3 is 19.7 Å². The zero-order valence-electron chi connectivity index (χ0n) is 20.2. The van der Waals surface area contributed by atoms with Crippen molar-refractivity contribution in [3.05, 3.63) is 89.5 Å². The van der Waals surface area contributed by atoms with Crippen molar-refractivity contribution in [1.29, 1.82) is 0 Å². The SMILES string of the molecule is COc1ccc(CCNC(=O)CN2C(=O)[C@@H](C)N=C(c3ccccc3)c3ccccc32)cc1OC. The average molecular weight is 472 g/mol. The Morgan fingerprint density at radius 1 is 0.971 bits per heavy atom. The molecule has 1 atom stereocenters. The monoisotopic (exact) mass is 471 g/mol. The van der Waals surface area contributed by atoms with Gasteiger partial charge in [-0.3, -0.25) is 14.6 Å². The molecule has 1 aliphatic heterocycles. The summed E-state index contributed by atoms with van der Waals surface area (Å²) in [7, 11) is 3.18. The van der Waals surface area contributed by atoms with E-state index >= 15 is 0 Å². The van der Waals surface area contributed by atoms with E-state index in [2.05, 4.69) is 5.32 Å². The summed E-state index contributed by atoms with van der Waals surface area (Å²) in [4.78, 5) is 32.4. The van der Waals surface area contributed by atoms with Gasteiger partial charge in [-0.25, -0.2) is 0 Å². The topological polar surface area (TPSA) is 80.2 Å². The molecule has 180 valence electrons. The molecule has 1 N–H and O–H groups in total. The van der Waals surface area contributed by atoms with Crippen molar-refractivity contribution in [1.82, 2.24) is 5.32 Å². The number of para-hydroxylation sites is 1. The van der Waals surface area contributed by atoms with Crippen molar-refractivity contribution >= 4 is 23.2 Å². The molecule has 0 bridgehead atoms. The molecule has 1 heterocycles. The van der Waals surface area contributed by atoms with Crippen LogP contribution in [0.15, 0.2) is 77.8 Å². The lowest BCUT2D eigenvalue weighted by atomic mass is 10.0. The number of benzodiazepines with no additional fused rings is 1. The van der Waals surface area contributed by atoms with Crippen LogP contribution in [0.3, 0.4) is 0 Å². The van der Waals surface area contributed by atoms with Crippen molar-refractivity contribution in [2.75, 3.05) is 32.2 Å². The predicted molar refractivity (Wildman–Crippen MR) is 137 cm³/mol. The number of rotatable bonds is 8. The summed E-state index contributed by atoms with van der Waals surface area (Å²) in [5.74, 6) is 0.860. The fraction of sp³-hybridized carbons (Fsp3) is 0.250. The molecular formula is C28H29N3O4. The minimum atomic E-state index is -0.614. The van der Waals surface area contributed by atoms with Gasteiger partial charge in [0.05, 0.1) is 25.6 Å². The maximum atomic E-state index is 13.3. The molecule has 0 radical (unpaired) electrons. The Hall–Kier alpha value is -4.13. The summed E-state index contributed by atoms with van der Waals surface area (Å²) in [6.07, 6.45) is 0.619. The summed E-state index contributed by atoms with van der Waals surface area (Å²) in [5, 5.41) is 2.93. The minimum absolute atomic E-state index is 0.0797. The Labute approximate surface area is 205 Å². The van der Waals surface area contributed by atoms with Crippen LogP contribution in [0.25, 0.3) is 0 Å². The molecule has 7 nitrogen and oxygen atoms in total. The summed E-state index contributed by atoms with van der Waals surface area (Å²) >= 11 is 0. The van der Waals surface area contributed by atoms with E-state index in [1.165, 1.54) is 4.90 Å². The maximum Gasteiger partial charge on any atom is 0.252 e. The number of carbonyl (C=O) groups is 2. The highest BCUT2D eigenvalue weighted by molar-refractivity contribution is 6.20.